The number of hydroxylamine groups is 2. The van der Waals surface area contributed by atoms with E-state index in [-0.39, 0.29) is 24.4 Å². The fraction of sp³-hybridized carbons (Fsp3) is 0.600. The molecule has 16 heteroatoms. The summed E-state index contributed by atoms with van der Waals surface area (Å²) in [5.74, 6) is -0.476. The van der Waals surface area contributed by atoms with E-state index < -0.39 is 44.4 Å². The van der Waals surface area contributed by atoms with Crippen LogP contribution in [0.15, 0.2) is 11.2 Å². The summed E-state index contributed by atoms with van der Waals surface area (Å²) >= 11 is 0. The van der Waals surface area contributed by atoms with Crippen molar-refractivity contribution >= 4 is 32.3 Å². The normalized spacial score (nSPS) is 23.4. The van der Waals surface area contributed by atoms with Crippen molar-refractivity contribution in [1.29, 1.82) is 5.41 Å². The van der Waals surface area contributed by atoms with Gasteiger partial charge in [-0.1, -0.05) is 5.21 Å². The third-order valence-corrected chi connectivity index (χ3v) is 5.51. The molecule has 1 aromatic rings. The van der Waals surface area contributed by atoms with Crippen molar-refractivity contribution < 1.29 is 30.5 Å². The third-order valence-electron chi connectivity index (χ3n) is 3.93. The van der Waals surface area contributed by atoms with Crippen LogP contribution in [0.25, 0.3) is 0 Å². The van der Waals surface area contributed by atoms with Gasteiger partial charge in [0.05, 0.1) is 18.3 Å². The summed E-state index contributed by atoms with van der Waals surface area (Å²) in [5, 5.41) is 15.1. The molecule has 2 fully saturated rings. The highest BCUT2D eigenvalue weighted by Crippen LogP contribution is 2.30. The second-order valence-electron chi connectivity index (χ2n) is 5.76. The second-order valence-corrected chi connectivity index (χ2v) is 8.39. The minimum Gasteiger partial charge on any atom is -0.310 e. The van der Waals surface area contributed by atoms with Gasteiger partial charge in [-0.2, -0.15) is 21.9 Å². The first-order valence-electron chi connectivity index (χ1n) is 7.22. The van der Waals surface area contributed by atoms with Crippen LogP contribution in [-0.4, -0.2) is 76.8 Å². The Labute approximate surface area is 148 Å². The van der Waals surface area contributed by atoms with E-state index in [0.29, 0.717) is 5.06 Å². The summed E-state index contributed by atoms with van der Waals surface area (Å²) in [5.41, 5.74) is 0. The molecule has 2 saturated heterocycles. The van der Waals surface area contributed by atoms with Crippen LogP contribution >= 0.6 is 0 Å². The Bertz CT molecular complexity index is 956. The lowest BCUT2D eigenvalue weighted by atomic mass is 10.0. The molecule has 14 nitrogen and oxygen atoms in total. The van der Waals surface area contributed by atoms with Gasteiger partial charge in [0.25, 0.3) is 10.0 Å². The van der Waals surface area contributed by atoms with Crippen LogP contribution in [-0.2, 0) is 31.8 Å². The monoisotopic (exact) mass is 409 g/mol. The molecule has 144 valence electrons. The molecule has 2 aliphatic heterocycles. The molecule has 0 aliphatic carbocycles. The number of hydrogen-bond donors (Lipinski definition) is 3. The molecule has 26 heavy (non-hydrogen) atoms. The Balaban J connectivity index is 1.75. The highest BCUT2D eigenvalue weighted by atomic mass is 32.3. The molecule has 0 aromatic carbocycles. The number of aromatic nitrogens is 3. The predicted molar refractivity (Wildman–Crippen MR) is 82.4 cm³/mol. The summed E-state index contributed by atoms with van der Waals surface area (Å²) in [4.78, 5) is 13.4. The molecule has 2 atom stereocenters. The predicted octanol–water partition coefficient (Wildman–Crippen LogP) is -1.93. The number of amidine groups is 1. The van der Waals surface area contributed by atoms with E-state index in [9.17, 15) is 21.6 Å². The van der Waals surface area contributed by atoms with Crippen LogP contribution in [0.2, 0.25) is 0 Å². The van der Waals surface area contributed by atoms with Crippen molar-refractivity contribution in [1.82, 2.24) is 29.7 Å². The summed E-state index contributed by atoms with van der Waals surface area (Å²) in [6.07, 6.45) is 1.59. The number of rotatable bonds is 5. The van der Waals surface area contributed by atoms with Crippen LogP contribution in [0.4, 0.5) is 4.79 Å². The van der Waals surface area contributed by atoms with Gasteiger partial charge in [-0.3, -0.25) is 19.4 Å². The lowest BCUT2D eigenvalue weighted by molar-refractivity contribution is -0.0316. The molecule has 2 aliphatic rings. The van der Waals surface area contributed by atoms with Crippen molar-refractivity contribution in [2.45, 2.75) is 30.0 Å². The summed E-state index contributed by atoms with van der Waals surface area (Å²) in [6, 6.07) is -2.45. The minimum absolute atomic E-state index is 0.0221. The smallest absolute Gasteiger partial charge is 0.310 e. The molecule has 2 amide bonds. The van der Waals surface area contributed by atoms with Gasteiger partial charge >= 0.3 is 16.4 Å². The first kappa shape index (κ1) is 18.5. The van der Waals surface area contributed by atoms with Crippen LogP contribution in [0, 0.1) is 5.41 Å². The first-order valence-corrected chi connectivity index (χ1v) is 10.1. The SMILES string of the molecule is Cn1cc(S(=O)(=O)NC(=N)C2CCC3CN2C(=O)N3OS(=O)(=O)O)nn1. The number of urea groups is 1. The maximum absolute atomic E-state index is 12.3. The molecule has 3 N–H and O–H groups in total. The van der Waals surface area contributed by atoms with Gasteiger partial charge in [0.15, 0.2) is 0 Å². The number of nitrogens with zero attached hydrogens (tertiary/aromatic N) is 5. The van der Waals surface area contributed by atoms with E-state index in [2.05, 4.69) is 14.6 Å². The summed E-state index contributed by atoms with van der Waals surface area (Å²) in [7, 11) is -7.56. The van der Waals surface area contributed by atoms with Crippen LogP contribution in [0.5, 0.6) is 0 Å². The zero-order valence-electron chi connectivity index (χ0n) is 13.3. The highest BCUT2D eigenvalue weighted by Gasteiger charge is 2.48. The maximum Gasteiger partial charge on any atom is 0.418 e. The van der Waals surface area contributed by atoms with Gasteiger partial charge in [-0.15, -0.1) is 9.38 Å². The van der Waals surface area contributed by atoms with Crippen molar-refractivity contribution in [3.63, 3.8) is 0 Å². The van der Waals surface area contributed by atoms with Gasteiger partial charge < -0.3 is 4.90 Å². The topological polar surface area (TPSA) is 188 Å². The van der Waals surface area contributed by atoms with Gasteiger partial charge in [0, 0.05) is 13.6 Å². The van der Waals surface area contributed by atoms with E-state index in [0.717, 1.165) is 11.1 Å². The standard InChI is InChI=1S/C10H15N7O7S2/c1-15-5-8(12-14-15)25(19,20)13-9(11)7-3-2-6-4-16(7)10(18)17(6)24-26(21,22)23/h5-7H,2-4H2,1H3,(H2,11,13)(H,21,22,23). The molecular formula is C10H15N7O7S2. The Kier molecular flexibility index (Phi) is 4.37. The fourth-order valence-corrected chi connectivity index (χ4v) is 4.20. The zero-order valence-corrected chi connectivity index (χ0v) is 14.9. The van der Waals surface area contributed by atoms with Gasteiger partial charge in [0.2, 0.25) is 5.03 Å². The largest absolute Gasteiger partial charge is 0.418 e. The Morgan fingerprint density at radius 3 is 2.65 bits per heavy atom. The molecule has 3 rings (SSSR count). The van der Waals surface area contributed by atoms with Crippen molar-refractivity contribution in [2.75, 3.05) is 6.54 Å². The lowest BCUT2D eigenvalue weighted by Crippen LogP contribution is -2.50. The number of piperidine rings is 1. The number of sulfonamides is 1. The average Bonchev–Trinajstić information content (AvgIpc) is 3.05. The minimum atomic E-state index is -4.88. The molecule has 1 aromatic heterocycles. The van der Waals surface area contributed by atoms with E-state index in [1.54, 1.807) is 0 Å². The molecule has 0 spiro atoms. The van der Waals surface area contributed by atoms with E-state index in [4.69, 9.17) is 9.96 Å². The van der Waals surface area contributed by atoms with Crippen LogP contribution in [0.1, 0.15) is 12.8 Å². The molecule has 3 heterocycles. The van der Waals surface area contributed by atoms with Gasteiger partial charge in [-0.25, -0.2) is 4.79 Å². The molecule has 0 saturated carbocycles. The number of aryl methyl sites for hydroxylation is 1. The quantitative estimate of drug-likeness (QED) is 0.283. The fourth-order valence-electron chi connectivity index (χ4n) is 2.85. The van der Waals surface area contributed by atoms with Gasteiger partial charge in [0.1, 0.15) is 5.84 Å². The number of carbonyl (C=O) groups is 1. The van der Waals surface area contributed by atoms with E-state index in [1.165, 1.54) is 11.7 Å². The highest BCUT2D eigenvalue weighted by molar-refractivity contribution is 7.90. The molecular weight excluding hydrogens is 394 g/mol. The van der Waals surface area contributed by atoms with Crippen molar-refractivity contribution in [3.8, 4) is 0 Å². The number of hydrogen-bond acceptors (Lipinski definition) is 9. The number of nitrogens with one attached hydrogen (secondary N) is 2. The number of fused-ring (bicyclic) bond motifs is 2. The third kappa shape index (κ3) is 3.48. The lowest BCUT2D eigenvalue weighted by Gasteiger charge is -2.30. The van der Waals surface area contributed by atoms with Crippen LogP contribution < -0.4 is 4.72 Å². The van der Waals surface area contributed by atoms with E-state index in [1.807, 2.05) is 4.72 Å². The Morgan fingerprint density at radius 1 is 1.38 bits per heavy atom. The number of carbonyl (C=O) groups excluding carboxylic acids is 1. The molecule has 0 radical (unpaired) electrons. The maximum atomic E-state index is 12.3. The summed E-state index contributed by atoms with van der Waals surface area (Å²) in [6.45, 7) is 0.0221. The number of amides is 2. The first-order chi connectivity index (χ1) is 12.0. The summed E-state index contributed by atoms with van der Waals surface area (Å²) < 4.78 is 62.4. The Morgan fingerprint density at radius 2 is 2.08 bits per heavy atom. The van der Waals surface area contributed by atoms with Crippen LogP contribution in [0.3, 0.4) is 0 Å². The average molecular weight is 409 g/mol. The van der Waals surface area contributed by atoms with Gasteiger partial charge in [-0.05, 0) is 12.8 Å². The van der Waals surface area contributed by atoms with Crippen molar-refractivity contribution in [2.24, 2.45) is 7.05 Å². The van der Waals surface area contributed by atoms with E-state index >= 15 is 0 Å². The Hall–Kier alpha value is -2.30. The van der Waals surface area contributed by atoms with Crippen molar-refractivity contribution in [3.05, 3.63) is 6.20 Å². The second kappa shape index (κ2) is 6.15. The molecule has 2 bridgehead atoms. The zero-order chi connectivity index (χ0) is 19.3. The molecule has 2 unspecified atom stereocenters.